The molecule has 6 heteroatoms. The summed E-state index contributed by atoms with van der Waals surface area (Å²) in [6, 6.07) is 0. The fraction of sp³-hybridized carbons (Fsp3) is 1.00. The van der Waals surface area contributed by atoms with Crippen LogP contribution in [0.1, 0.15) is 78.1 Å². The first-order valence-electron chi connectivity index (χ1n) is 10.5. The molecule has 0 bridgehead atoms. The van der Waals surface area contributed by atoms with Crippen LogP contribution in [0.25, 0.3) is 0 Å². The molecule has 1 fully saturated rings. The molecule has 0 spiro atoms. The number of hydrogen-bond acceptors (Lipinski definition) is 6. The molecule has 0 aromatic carbocycles. The summed E-state index contributed by atoms with van der Waals surface area (Å²) in [4.78, 5) is 0. The van der Waals surface area contributed by atoms with Gasteiger partial charge in [0.2, 0.25) is 0 Å². The van der Waals surface area contributed by atoms with Gasteiger partial charge in [-0.3, -0.25) is 0 Å². The molecule has 0 saturated carbocycles. The molecule has 1 heterocycles. The molecule has 6 atom stereocenters. The second-order valence-corrected chi connectivity index (χ2v) is 7.60. The van der Waals surface area contributed by atoms with Crippen LogP contribution in [0, 0.1) is 5.92 Å². The topological polar surface area (TPSA) is 99.4 Å². The van der Waals surface area contributed by atoms with Crippen LogP contribution in [-0.2, 0) is 9.47 Å². The Kier molecular flexibility index (Phi) is 12.7. The average Bonchev–Trinajstić information content (AvgIpc) is 2.65. The zero-order chi connectivity index (χ0) is 19.4. The van der Waals surface area contributed by atoms with Crippen LogP contribution in [-0.4, -0.2) is 64.3 Å². The first-order valence-corrected chi connectivity index (χ1v) is 10.5. The van der Waals surface area contributed by atoms with Crippen LogP contribution < -0.4 is 0 Å². The predicted molar refractivity (Wildman–Crippen MR) is 101 cm³/mol. The first kappa shape index (κ1) is 23.8. The van der Waals surface area contributed by atoms with E-state index in [1.165, 1.54) is 44.9 Å². The van der Waals surface area contributed by atoms with Gasteiger partial charge in [0.15, 0.2) is 6.29 Å². The standard InChI is InChI=1S/C20H40O6/c1-3-5-7-8-10-12-15(11-9-6-4-2)14-25-20-19(24)18(23)17(22)16(13-21)26-20/h15-24H,3-14H2,1-2H3. The molecular weight excluding hydrogens is 336 g/mol. The number of unbranched alkanes of at least 4 members (excludes halogenated alkanes) is 6. The minimum atomic E-state index is -1.38. The molecule has 156 valence electrons. The highest BCUT2D eigenvalue weighted by Crippen LogP contribution is 2.24. The maximum absolute atomic E-state index is 10.1. The third-order valence-electron chi connectivity index (χ3n) is 5.28. The van der Waals surface area contributed by atoms with E-state index in [4.69, 9.17) is 9.47 Å². The molecule has 0 aliphatic carbocycles. The largest absolute Gasteiger partial charge is 0.394 e. The van der Waals surface area contributed by atoms with Crippen LogP contribution in [0.15, 0.2) is 0 Å². The Labute approximate surface area is 158 Å². The third kappa shape index (κ3) is 8.19. The summed E-state index contributed by atoms with van der Waals surface area (Å²) in [7, 11) is 0. The van der Waals surface area contributed by atoms with Crippen molar-refractivity contribution in [2.45, 2.75) is 109 Å². The van der Waals surface area contributed by atoms with E-state index < -0.39 is 37.3 Å². The van der Waals surface area contributed by atoms with Crippen molar-refractivity contribution < 1.29 is 29.9 Å². The van der Waals surface area contributed by atoms with Gasteiger partial charge in [-0.05, 0) is 18.8 Å². The van der Waals surface area contributed by atoms with Gasteiger partial charge < -0.3 is 29.9 Å². The Morgan fingerprint density at radius 1 is 0.808 bits per heavy atom. The van der Waals surface area contributed by atoms with Crippen LogP contribution in [0.2, 0.25) is 0 Å². The summed E-state index contributed by atoms with van der Waals surface area (Å²) in [5.41, 5.74) is 0. The Hall–Kier alpha value is -0.240. The van der Waals surface area contributed by atoms with Crippen LogP contribution in [0.3, 0.4) is 0 Å². The molecule has 1 saturated heterocycles. The highest BCUT2D eigenvalue weighted by molar-refractivity contribution is 4.88. The maximum atomic E-state index is 10.1. The molecule has 0 amide bonds. The van der Waals surface area contributed by atoms with E-state index in [1.54, 1.807) is 0 Å². The molecule has 0 aromatic heterocycles. The van der Waals surface area contributed by atoms with Crippen molar-refractivity contribution in [3.8, 4) is 0 Å². The number of aliphatic hydroxyl groups is 4. The van der Waals surface area contributed by atoms with E-state index in [-0.39, 0.29) is 0 Å². The average molecular weight is 377 g/mol. The highest BCUT2D eigenvalue weighted by atomic mass is 16.7. The lowest BCUT2D eigenvalue weighted by Gasteiger charge is -2.40. The smallest absolute Gasteiger partial charge is 0.186 e. The maximum Gasteiger partial charge on any atom is 0.186 e. The fourth-order valence-corrected chi connectivity index (χ4v) is 3.47. The molecule has 26 heavy (non-hydrogen) atoms. The first-order chi connectivity index (χ1) is 12.5. The number of ether oxygens (including phenoxy) is 2. The van der Waals surface area contributed by atoms with Gasteiger partial charge in [-0.2, -0.15) is 0 Å². The zero-order valence-corrected chi connectivity index (χ0v) is 16.6. The van der Waals surface area contributed by atoms with Gasteiger partial charge >= 0.3 is 0 Å². The third-order valence-corrected chi connectivity index (χ3v) is 5.28. The van der Waals surface area contributed by atoms with Gasteiger partial charge in [0.25, 0.3) is 0 Å². The second kappa shape index (κ2) is 13.9. The molecular formula is C20H40O6. The highest BCUT2D eigenvalue weighted by Gasteiger charge is 2.44. The lowest BCUT2D eigenvalue weighted by atomic mass is 9.95. The molecule has 0 aromatic rings. The van der Waals surface area contributed by atoms with E-state index >= 15 is 0 Å². The van der Waals surface area contributed by atoms with Crippen LogP contribution in [0.5, 0.6) is 0 Å². The van der Waals surface area contributed by atoms with Crippen LogP contribution in [0.4, 0.5) is 0 Å². The van der Waals surface area contributed by atoms with Gasteiger partial charge in [0.1, 0.15) is 24.4 Å². The van der Waals surface area contributed by atoms with Crippen molar-refractivity contribution in [3.63, 3.8) is 0 Å². The van der Waals surface area contributed by atoms with E-state index in [1.807, 2.05) is 0 Å². The Bertz CT molecular complexity index is 338. The van der Waals surface area contributed by atoms with Crippen molar-refractivity contribution in [3.05, 3.63) is 0 Å². The molecule has 1 aliphatic heterocycles. The summed E-state index contributed by atoms with van der Waals surface area (Å²) < 4.78 is 11.2. The van der Waals surface area contributed by atoms with E-state index in [0.29, 0.717) is 12.5 Å². The van der Waals surface area contributed by atoms with Crippen molar-refractivity contribution in [1.29, 1.82) is 0 Å². The summed E-state index contributed by atoms with van der Waals surface area (Å²) in [6.45, 7) is 4.43. The summed E-state index contributed by atoms with van der Waals surface area (Å²) in [5, 5.41) is 39.0. The monoisotopic (exact) mass is 376 g/mol. The molecule has 6 nitrogen and oxygen atoms in total. The van der Waals surface area contributed by atoms with Gasteiger partial charge in [0.05, 0.1) is 13.2 Å². The molecule has 4 N–H and O–H groups in total. The Morgan fingerprint density at radius 2 is 1.38 bits per heavy atom. The van der Waals surface area contributed by atoms with Gasteiger partial charge in [-0.1, -0.05) is 65.2 Å². The predicted octanol–water partition coefficient (Wildman–Crippen LogP) is 2.36. The summed E-state index contributed by atoms with van der Waals surface area (Å²) >= 11 is 0. The lowest BCUT2D eigenvalue weighted by Crippen LogP contribution is -2.59. The number of rotatable bonds is 14. The number of aliphatic hydroxyl groups excluding tert-OH is 4. The quantitative estimate of drug-likeness (QED) is 0.347. The molecule has 6 unspecified atom stereocenters. The Balaban J connectivity index is 2.46. The minimum absolute atomic E-state index is 0.399. The van der Waals surface area contributed by atoms with Crippen molar-refractivity contribution in [2.75, 3.05) is 13.2 Å². The summed E-state index contributed by atoms with van der Waals surface area (Å²) in [5.74, 6) is 0.399. The van der Waals surface area contributed by atoms with E-state index in [0.717, 1.165) is 19.3 Å². The van der Waals surface area contributed by atoms with Crippen molar-refractivity contribution >= 4 is 0 Å². The van der Waals surface area contributed by atoms with Crippen molar-refractivity contribution in [1.82, 2.24) is 0 Å². The number of hydrogen-bond donors (Lipinski definition) is 4. The van der Waals surface area contributed by atoms with Crippen LogP contribution >= 0.6 is 0 Å². The lowest BCUT2D eigenvalue weighted by molar-refractivity contribution is -0.303. The molecule has 1 rings (SSSR count). The second-order valence-electron chi connectivity index (χ2n) is 7.60. The molecule has 1 aliphatic rings. The van der Waals surface area contributed by atoms with Gasteiger partial charge in [0, 0.05) is 0 Å². The normalized spacial score (nSPS) is 30.5. The fourth-order valence-electron chi connectivity index (χ4n) is 3.47. The van der Waals surface area contributed by atoms with E-state index in [2.05, 4.69) is 13.8 Å². The summed E-state index contributed by atoms with van der Waals surface area (Å²) in [6.07, 6.45) is 5.95. The van der Waals surface area contributed by atoms with E-state index in [9.17, 15) is 20.4 Å². The van der Waals surface area contributed by atoms with Gasteiger partial charge in [-0.15, -0.1) is 0 Å². The van der Waals surface area contributed by atoms with Gasteiger partial charge in [-0.25, -0.2) is 0 Å². The Morgan fingerprint density at radius 3 is 2.00 bits per heavy atom. The SMILES string of the molecule is CCCCCCCC(CCCCC)COC1OC(CO)C(O)C(O)C1O. The molecule has 0 radical (unpaired) electrons. The van der Waals surface area contributed by atoms with Crippen molar-refractivity contribution in [2.24, 2.45) is 5.92 Å². The zero-order valence-electron chi connectivity index (χ0n) is 16.6. The minimum Gasteiger partial charge on any atom is -0.394 e.